The number of anilines is 1. The van der Waals surface area contributed by atoms with E-state index < -0.39 is 0 Å². The highest BCUT2D eigenvalue weighted by Gasteiger charge is 2.34. The van der Waals surface area contributed by atoms with Gasteiger partial charge in [-0.3, -0.25) is 4.79 Å². The molecule has 1 atom stereocenters. The summed E-state index contributed by atoms with van der Waals surface area (Å²) in [5, 5.41) is 20.4. The molecule has 1 N–H and O–H groups in total. The largest absolute Gasteiger partial charge is 0.496 e. The average Bonchev–Trinajstić information content (AvgIpc) is 3.27. The van der Waals surface area contributed by atoms with E-state index in [0.29, 0.717) is 29.5 Å². The molecule has 0 unspecified atom stereocenters. The summed E-state index contributed by atoms with van der Waals surface area (Å²) in [6.45, 7) is 3.78. The van der Waals surface area contributed by atoms with E-state index in [1.54, 1.807) is 16.3 Å². The highest BCUT2D eigenvalue weighted by molar-refractivity contribution is 5.95. The lowest BCUT2D eigenvalue weighted by Gasteiger charge is -2.25. The summed E-state index contributed by atoms with van der Waals surface area (Å²) in [5.41, 5.74) is 3.42. The number of ether oxygens (including phenoxy) is 1. The fourth-order valence-electron chi connectivity index (χ4n) is 3.93. The molecule has 0 fully saturated rings. The van der Waals surface area contributed by atoms with Gasteiger partial charge in [-0.2, -0.15) is 14.3 Å². The molecule has 4 aromatic rings. The van der Waals surface area contributed by atoms with Crippen molar-refractivity contribution in [2.24, 2.45) is 0 Å². The Morgan fingerprint density at radius 3 is 2.76 bits per heavy atom. The molecule has 29 heavy (non-hydrogen) atoms. The van der Waals surface area contributed by atoms with Gasteiger partial charge in [0.15, 0.2) is 17.3 Å². The van der Waals surface area contributed by atoms with Crippen LogP contribution in [0.3, 0.4) is 0 Å². The molecule has 146 valence electrons. The third kappa shape index (κ3) is 2.65. The normalized spacial score (nSPS) is 16.0. The number of benzene rings is 1. The number of aryl methyl sites for hydroxylation is 2. The van der Waals surface area contributed by atoms with Crippen LogP contribution in [0.15, 0.2) is 36.4 Å². The maximum Gasteiger partial charge on any atom is 0.226 e. The molecule has 1 amide bonds. The second kappa shape index (κ2) is 6.40. The van der Waals surface area contributed by atoms with Crippen LogP contribution in [0.2, 0.25) is 0 Å². The fourth-order valence-corrected chi connectivity index (χ4v) is 3.93. The number of aromatic nitrogens is 6. The first-order chi connectivity index (χ1) is 14.1. The third-order valence-electron chi connectivity index (χ3n) is 5.24. The van der Waals surface area contributed by atoms with Crippen molar-refractivity contribution in [3.05, 3.63) is 59.0 Å². The van der Waals surface area contributed by atoms with Crippen molar-refractivity contribution in [2.45, 2.75) is 26.2 Å². The van der Waals surface area contributed by atoms with E-state index in [0.717, 1.165) is 22.6 Å². The molecule has 0 radical (unpaired) electrons. The lowest BCUT2D eigenvalue weighted by atomic mass is 9.85. The van der Waals surface area contributed by atoms with Crippen LogP contribution in [0, 0.1) is 13.8 Å². The number of hydrogen-bond acceptors (Lipinski definition) is 6. The second-order valence-electron chi connectivity index (χ2n) is 7.02. The van der Waals surface area contributed by atoms with E-state index in [-0.39, 0.29) is 11.8 Å². The summed E-state index contributed by atoms with van der Waals surface area (Å²) in [7, 11) is 1.64. The van der Waals surface area contributed by atoms with Crippen LogP contribution in [0.4, 0.5) is 5.82 Å². The first-order valence-corrected chi connectivity index (χ1v) is 9.28. The van der Waals surface area contributed by atoms with E-state index in [9.17, 15) is 4.79 Å². The molecular formula is C20H19N7O2. The van der Waals surface area contributed by atoms with Crippen molar-refractivity contribution in [2.75, 3.05) is 12.4 Å². The highest BCUT2D eigenvalue weighted by atomic mass is 16.5. The van der Waals surface area contributed by atoms with Crippen molar-refractivity contribution in [3.8, 4) is 11.6 Å². The number of methoxy groups -OCH3 is 1. The molecule has 4 heterocycles. The average molecular weight is 389 g/mol. The van der Waals surface area contributed by atoms with Gasteiger partial charge in [0, 0.05) is 23.5 Å². The molecule has 3 aromatic heterocycles. The minimum absolute atomic E-state index is 0.0730. The standard InChI is InChI=1S/C20H19N7O2/c1-11-19-14(13-6-4-5-7-15(13)29-3)10-18(28)21-20(19)27(24-11)17-9-8-16-23-22-12(2)26(16)25-17/h4-9,14H,10H2,1-3H3,(H,21,28)/t14-/m1/s1. The Hall–Kier alpha value is -3.75. The first kappa shape index (κ1) is 17.4. The smallest absolute Gasteiger partial charge is 0.226 e. The van der Waals surface area contributed by atoms with Crippen molar-refractivity contribution < 1.29 is 9.53 Å². The van der Waals surface area contributed by atoms with Crippen molar-refractivity contribution in [3.63, 3.8) is 0 Å². The molecule has 9 nitrogen and oxygen atoms in total. The van der Waals surface area contributed by atoms with E-state index in [4.69, 9.17) is 9.84 Å². The monoisotopic (exact) mass is 389 g/mol. The molecule has 1 aliphatic rings. The quantitative estimate of drug-likeness (QED) is 0.578. The summed E-state index contributed by atoms with van der Waals surface area (Å²) >= 11 is 0. The molecule has 0 aliphatic carbocycles. The molecule has 0 bridgehead atoms. The predicted octanol–water partition coefficient (Wildman–Crippen LogP) is 2.41. The molecule has 5 rings (SSSR count). The Morgan fingerprint density at radius 1 is 1.10 bits per heavy atom. The summed E-state index contributed by atoms with van der Waals surface area (Å²) in [5.74, 6) is 2.42. The first-order valence-electron chi connectivity index (χ1n) is 9.28. The minimum Gasteiger partial charge on any atom is -0.496 e. The van der Waals surface area contributed by atoms with Gasteiger partial charge in [0.2, 0.25) is 5.91 Å². The Morgan fingerprint density at radius 2 is 1.93 bits per heavy atom. The number of nitrogens with one attached hydrogen (secondary N) is 1. The van der Waals surface area contributed by atoms with Gasteiger partial charge < -0.3 is 10.1 Å². The SMILES string of the molecule is COc1ccccc1[C@H]1CC(=O)Nc2c1c(C)nn2-c1ccc2nnc(C)n2n1. The summed E-state index contributed by atoms with van der Waals surface area (Å²) < 4.78 is 8.87. The number of fused-ring (bicyclic) bond motifs is 2. The Labute approximate surface area is 166 Å². The summed E-state index contributed by atoms with van der Waals surface area (Å²) in [4.78, 5) is 12.6. The molecule has 0 spiro atoms. The Kier molecular flexibility index (Phi) is 3.83. The molecular weight excluding hydrogens is 370 g/mol. The lowest BCUT2D eigenvalue weighted by Crippen LogP contribution is -2.25. The van der Waals surface area contributed by atoms with E-state index in [1.807, 2.05) is 50.2 Å². The number of carbonyl (C=O) groups is 1. The molecule has 0 saturated carbocycles. The van der Waals surface area contributed by atoms with Gasteiger partial charge in [0.25, 0.3) is 0 Å². The number of carbonyl (C=O) groups excluding carboxylic acids is 1. The zero-order valence-electron chi connectivity index (χ0n) is 16.2. The maximum absolute atomic E-state index is 12.6. The molecule has 0 saturated heterocycles. The summed E-state index contributed by atoms with van der Waals surface area (Å²) in [6, 6.07) is 11.4. The number of nitrogens with zero attached hydrogens (tertiary/aromatic N) is 6. The van der Waals surface area contributed by atoms with Crippen molar-refractivity contribution >= 4 is 17.4 Å². The molecule has 1 aromatic carbocycles. The van der Waals surface area contributed by atoms with Crippen LogP contribution < -0.4 is 10.1 Å². The molecule has 1 aliphatic heterocycles. The number of rotatable bonds is 3. The van der Waals surface area contributed by atoms with Crippen LogP contribution in [-0.2, 0) is 4.79 Å². The number of amides is 1. The van der Waals surface area contributed by atoms with Crippen molar-refractivity contribution in [1.82, 2.24) is 29.6 Å². The van der Waals surface area contributed by atoms with Gasteiger partial charge in [-0.25, -0.2) is 0 Å². The maximum atomic E-state index is 12.6. The van der Waals surface area contributed by atoms with Gasteiger partial charge in [0.05, 0.1) is 12.8 Å². The summed E-state index contributed by atoms with van der Waals surface area (Å²) in [6.07, 6.45) is 0.330. The van der Waals surface area contributed by atoms with Gasteiger partial charge in [-0.1, -0.05) is 18.2 Å². The van der Waals surface area contributed by atoms with Crippen LogP contribution in [0.5, 0.6) is 5.75 Å². The zero-order valence-corrected chi connectivity index (χ0v) is 16.2. The predicted molar refractivity (Wildman–Crippen MR) is 105 cm³/mol. The van der Waals surface area contributed by atoms with Crippen molar-refractivity contribution in [1.29, 1.82) is 0 Å². The Bertz CT molecular complexity index is 1260. The van der Waals surface area contributed by atoms with E-state index in [2.05, 4.69) is 20.6 Å². The van der Waals surface area contributed by atoms with Gasteiger partial charge in [-0.05, 0) is 32.0 Å². The Balaban J connectivity index is 1.70. The number of hydrogen-bond donors (Lipinski definition) is 1. The van der Waals surface area contributed by atoms with E-state index in [1.165, 1.54) is 0 Å². The fraction of sp³-hybridized carbons (Fsp3) is 0.250. The van der Waals surface area contributed by atoms with Crippen LogP contribution in [0.1, 0.15) is 35.0 Å². The van der Waals surface area contributed by atoms with Crippen LogP contribution >= 0.6 is 0 Å². The van der Waals surface area contributed by atoms with Gasteiger partial charge in [-0.15, -0.1) is 15.3 Å². The topological polar surface area (TPSA) is 99.2 Å². The molecule has 9 heteroatoms. The minimum atomic E-state index is -0.149. The second-order valence-corrected chi connectivity index (χ2v) is 7.02. The highest BCUT2D eigenvalue weighted by Crippen LogP contribution is 2.42. The van der Waals surface area contributed by atoms with Gasteiger partial charge in [0.1, 0.15) is 11.6 Å². The number of para-hydroxylation sites is 1. The van der Waals surface area contributed by atoms with Crippen LogP contribution in [0.25, 0.3) is 11.5 Å². The van der Waals surface area contributed by atoms with Crippen LogP contribution in [-0.4, -0.2) is 42.6 Å². The lowest BCUT2D eigenvalue weighted by molar-refractivity contribution is -0.116. The zero-order chi connectivity index (χ0) is 20.1. The van der Waals surface area contributed by atoms with Gasteiger partial charge >= 0.3 is 0 Å². The third-order valence-corrected chi connectivity index (χ3v) is 5.24. The van der Waals surface area contributed by atoms with E-state index >= 15 is 0 Å².